The highest BCUT2D eigenvalue weighted by atomic mass is 19.4. The van der Waals surface area contributed by atoms with E-state index < -0.39 is 31.4 Å². The first-order chi connectivity index (χ1) is 11.1. The summed E-state index contributed by atoms with van der Waals surface area (Å²) in [5.74, 6) is 0.157. The van der Waals surface area contributed by atoms with Gasteiger partial charge in [0.1, 0.15) is 6.79 Å². The fraction of sp³-hybridized carbons (Fsp3) is 1.00. The first-order valence-electron chi connectivity index (χ1n) is 8.07. The van der Waals surface area contributed by atoms with Crippen LogP contribution in [0, 0.1) is 5.92 Å². The molecule has 0 N–H and O–H groups in total. The summed E-state index contributed by atoms with van der Waals surface area (Å²) in [4.78, 5) is 0. The maximum absolute atomic E-state index is 13.1. The molecule has 1 aliphatic carbocycles. The Morgan fingerprint density at radius 2 is 1.46 bits per heavy atom. The number of rotatable bonds is 9. The lowest BCUT2D eigenvalue weighted by Crippen LogP contribution is -2.62. The van der Waals surface area contributed by atoms with Gasteiger partial charge in [-0.1, -0.05) is 26.2 Å². The standard InChI is InChI=1S/C15H24F6O3/c1-2-8-22-10-13(14(16,17)18,15(19,20)21)24-11-23-9-12-6-4-3-5-7-12/h12H,2-11H2,1H3. The van der Waals surface area contributed by atoms with Crippen molar-refractivity contribution in [1.29, 1.82) is 0 Å². The van der Waals surface area contributed by atoms with Gasteiger partial charge in [-0.15, -0.1) is 0 Å². The van der Waals surface area contributed by atoms with Crippen LogP contribution in [0.2, 0.25) is 0 Å². The molecule has 0 aromatic rings. The Kier molecular flexibility index (Phi) is 8.28. The third-order valence-corrected chi connectivity index (χ3v) is 4.04. The number of ether oxygens (including phenoxy) is 3. The number of halogens is 6. The van der Waals surface area contributed by atoms with E-state index in [1.54, 1.807) is 6.92 Å². The van der Waals surface area contributed by atoms with Gasteiger partial charge < -0.3 is 14.2 Å². The molecule has 0 aliphatic heterocycles. The van der Waals surface area contributed by atoms with Crippen molar-refractivity contribution in [3.63, 3.8) is 0 Å². The van der Waals surface area contributed by atoms with Crippen molar-refractivity contribution < 1.29 is 40.6 Å². The molecule has 0 bridgehead atoms. The Balaban J connectivity index is 2.65. The Hall–Kier alpha value is -0.540. The van der Waals surface area contributed by atoms with Crippen molar-refractivity contribution in [2.45, 2.75) is 63.4 Å². The quantitative estimate of drug-likeness (QED) is 0.332. The van der Waals surface area contributed by atoms with E-state index in [0.29, 0.717) is 6.42 Å². The molecule has 9 heteroatoms. The van der Waals surface area contributed by atoms with E-state index in [-0.39, 0.29) is 19.1 Å². The summed E-state index contributed by atoms with van der Waals surface area (Å²) in [5, 5.41) is 0. The van der Waals surface area contributed by atoms with Gasteiger partial charge in [-0.25, -0.2) is 0 Å². The maximum Gasteiger partial charge on any atom is 0.428 e. The van der Waals surface area contributed by atoms with Crippen LogP contribution in [0.5, 0.6) is 0 Å². The summed E-state index contributed by atoms with van der Waals surface area (Å²) in [6.45, 7) is -1.26. The number of hydrogen-bond donors (Lipinski definition) is 0. The highest BCUT2D eigenvalue weighted by molar-refractivity contribution is 4.96. The van der Waals surface area contributed by atoms with E-state index in [1.165, 1.54) is 0 Å². The summed E-state index contributed by atoms with van der Waals surface area (Å²) >= 11 is 0. The fourth-order valence-corrected chi connectivity index (χ4v) is 2.60. The predicted octanol–water partition coefficient (Wildman–Crippen LogP) is 4.85. The topological polar surface area (TPSA) is 27.7 Å². The average Bonchev–Trinajstić information content (AvgIpc) is 2.48. The molecule has 1 fully saturated rings. The second-order valence-corrected chi connectivity index (χ2v) is 6.01. The van der Waals surface area contributed by atoms with E-state index in [4.69, 9.17) is 4.74 Å². The van der Waals surface area contributed by atoms with E-state index in [9.17, 15) is 26.3 Å². The molecule has 144 valence electrons. The Bertz CT molecular complexity index is 336. The molecule has 0 aromatic heterocycles. The molecule has 0 spiro atoms. The van der Waals surface area contributed by atoms with Gasteiger partial charge >= 0.3 is 12.4 Å². The first kappa shape index (κ1) is 21.5. The largest absolute Gasteiger partial charge is 0.428 e. The van der Waals surface area contributed by atoms with Crippen LogP contribution in [0.15, 0.2) is 0 Å². The van der Waals surface area contributed by atoms with E-state index in [0.717, 1.165) is 32.1 Å². The average molecular weight is 366 g/mol. The summed E-state index contributed by atoms with van der Waals surface area (Å²) in [6, 6.07) is 0. The van der Waals surface area contributed by atoms with Crippen molar-refractivity contribution in [2.75, 3.05) is 26.6 Å². The summed E-state index contributed by atoms with van der Waals surface area (Å²) < 4.78 is 92.3. The third kappa shape index (κ3) is 5.77. The molecule has 0 radical (unpaired) electrons. The lowest BCUT2D eigenvalue weighted by atomic mass is 9.90. The zero-order valence-electron chi connectivity index (χ0n) is 13.6. The second kappa shape index (κ2) is 9.24. The summed E-state index contributed by atoms with van der Waals surface area (Å²) in [5.41, 5.74) is -4.37. The minimum Gasteiger partial charge on any atom is -0.378 e. The minimum atomic E-state index is -5.66. The van der Waals surface area contributed by atoms with Gasteiger partial charge in [-0.05, 0) is 25.2 Å². The zero-order valence-corrected chi connectivity index (χ0v) is 13.6. The smallest absolute Gasteiger partial charge is 0.378 e. The molecule has 24 heavy (non-hydrogen) atoms. The van der Waals surface area contributed by atoms with E-state index in [2.05, 4.69) is 9.47 Å². The Morgan fingerprint density at radius 3 is 1.96 bits per heavy atom. The molecule has 1 aliphatic rings. The van der Waals surface area contributed by atoms with Crippen LogP contribution in [0.3, 0.4) is 0 Å². The maximum atomic E-state index is 13.1. The van der Waals surface area contributed by atoms with Gasteiger partial charge in [-0.3, -0.25) is 0 Å². The van der Waals surface area contributed by atoms with Gasteiger partial charge in [0.25, 0.3) is 5.60 Å². The normalized spacial score (nSPS) is 18.1. The number of hydrogen-bond acceptors (Lipinski definition) is 3. The molecule has 1 saturated carbocycles. The van der Waals surface area contributed by atoms with Crippen LogP contribution in [0.25, 0.3) is 0 Å². The highest BCUT2D eigenvalue weighted by Gasteiger charge is 2.72. The summed E-state index contributed by atoms with van der Waals surface area (Å²) in [6.07, 6.45) is -6.21. The van der Waals surface area contributed by atoms with Crippen LogP contribution >= 0.6 is 0 Å². The molecule has 0 saturated heterocycles. The first-order valence-corrected chi connectivity index (χ1v) is 8.07. The molecule has 0 aromatic carbocycles. The molecular weight excluding hydrogens is 342 g/mol. The summed E-state index contributed by atoms with van der Waals surface area (Å²) in [7, 11) is 0. The Morgan fingerprint density at radius 1 is 0.875 bits per heavy atom. The van der Waals surface area contributed by atoms with Crippen LogP contribution in [0.4, 0.5) is 26.3 Å². The van der Waals surface area contributed by atoms with Crippen molar-refractivity contribution in [3.05, 3.63) is 0 Å². The van der Waals surface area contributed by atoms with Crippen molar-refractivity contribution in [3.8, 4) is 0 Å². The molecular formula is C15H24F6O3. The van der Waals surface area contributed by atoms with E-state index >= 15 is 0 Å². The van der Waals surface area contributed by atoms with Gasteiger partial charge in [0.15, 0.2) is 0 Å². The van der Waals surface area contributed by atoms with Gasteiger partial charge in [0.05, 0.1) is 13.2 Å². The van der Waals surface area contributed by atoms with Crippen LogP contribution < -0.4 is 0 Å². The van der Waals surface area contributed by atoms with Crippen molar-refractivity contribution in [1.82, 2.24) is 0 Å². The fourth-order valence-electron chi connectivity index (χ4n) is 2.60. The van der Waals surface area contributed by atoms with Crippen molar-refractivity contribution >= 4 is 0 Å². The van der Waals surface area contributed by atoms with Gasteiger partial charge in [-0.2, -0.15) is 26.3 Å². The lowest BCUT2D eigenvalue weighted by molar-refractivity contribution is -0.402. The lowest BCUT2D eigenvalue weighted by Gasteiger charge is -2.36. The monoisotopic (exact) mass is 366 g/mol. The van der Waals surface area contributed by atoms with Crippen molar-refractivity contribution in [2.24, 2.45) is 5.92 Å². The molecule has 0 heterocycles. The van der Waals surface area contributed by atoms with Crippen LogP contribution in [0.1, 0.15) is 45.4 Å². The highest BCUT2D eigenvalue weighted by Crippen LogP contribution is 2.46. The second-order valence-electron chi connectivity index (χ2n) is 6.01. The zero-order chi connectivity index (χ0) is 18.3. The predicted molar refractivity (Wildman–Crippen MR) is 74.4 cm³/mol. The van der Waals surface area contributed by atoms with Gasteiger partial charge in [0, 0.05) is 6.61 Å². The molecule has 3 nitrogen and oxygen atoms in total. The molecule has 0 amide bonds. The molecule has 0 unspecified atom stereocenters. The molecule has 0 atom stereocenters. The van der Waals surface area contributed by atoms with Crippen LogP contribution in [-0.2, 0) is 14.2 Å². The number of alkyl halides is 6. The van der Waals surface area contributed by atoms with E-state index in [1.807, 2.05) is 0 Å². The van der Waals surface area contributed by atoms with Gasteiger partial charge in [0.2, 0.25) is 0 Å². The minimum absolute atomic E-state index is 0.0988. The SMILES string of the molecule is CCCOCC(OCOCC1CCCCC1)(C(F)(F)F)C(F)(F)F. The van der Waals surface area contributed by atoms with Crippen LogP contribution in [-0.4, -0.2) is 44.6 Å². The third-order valence-electron chi connectivity index (χ3n) is 4.04. The Labute approximate surface area is 137 Å². The molecule has 1 rings (SSSR count).